The summed E-state index contributed by atoms with van der Waals surface area (Å²) in [7, 11) is -3.66. The second-order valence-corrected chi connectivity index (χ2v) is 8.34. The molecule has 0 aliphatic heterocycles. The second kappa shape index (κ2) is 5.40. The van der Waals surface area contributed by atoms with Crippen molar-refractivity contribution in [3.05, 3.63) is 38.4 Å². The monoisotopic (exact) mass is 380 g/mol. The third-order valence-electron chi connectivity index (χ3n) is 2.27. The standard InChI is InChI=1S/C11H10BrClN2O2S2/c1-6-3-8(12)5-9(4-6)15-19(16,17)10-7(2)14-11(13)18-10/h3-5,15H,1-2H3. The molecule has 1 N–H and O–H groups in total. The highest BCUT2D eigenvalue weighted by Crippen LogP contribution is 2.29. The lowest BCUT2D eigenvalue weighted by molar-refractivity contribution is 0.602. The Kier molecular flexibility index (Phi) is 4.20. The molecule has 1 aromatic heterocycles. The van der Waals surface area contributed by atoms with E-state index in [1.807, 2.05) is 13.0 Å². The maximum Gasteiger partial charge on any atom is 0.273 e. The highest BCUT2D eigenvalue weighted by Gasteiger charge is 2.21. The Balaban J connectivity index is 2.39. The minimum atomic E-state index is -3.66. The summed E-state index contributed by atoms with van der Waals surface area (Å²) in [5.41, 5.74) is 1.84. The Morgan fingerprint density at radius 2 is 2.00 bits per heavy atom. The highest BCUT2D eigenvalue weighted by molar-refractivity contribution is 9.10. The first-order valence-electron chi connectivity index (χ1n) is 5.21. The number of nitrogens with zero attached hydrogens (tertiary/aromatic N) is 1. The minimum absolute atomic E-state index is 0.134. The van der Waals surface area contributed by atoms with Crippen molar-refractivity contribution in [1.29, 1.82) is 0 Å². The van der Waals surface area contributed by atoms with Crippen molar-refractivity contribution < 1.29 is 8.42 Å². The van der Waals surface area contributed by atoms with Crippen LogP contribution in [-0.2, 0) is 10.0 Å². The van der Waals surface area contributed by atoms with Crippen LogP contribution in [0.15, 0.2) is 26.9 Å². The molecule has 2 aromatic rings. The largest absolute Gasteiger partial charge is 0.279 e. The molecule has 0 amide bonds. The number of sulfonamides is 1. The number of aryl methyl sites for hydroxylation is 2. The van der Waals surface area contributed by atoms with Crippen LogP contribution in [0.25, 0.3) is 0 Å². The molecule has 0 aliphatic carbocycles. The predicted octanol–water partition coefficient (Wildman–Crippen LogP) is 3.98. The quantitative estimate of drug-likeness (QED) is 0.875. The molecule has 0 unspecified atom stereocenters. The third kappa shape index (κ3) is 3.47. The number of halogens is 2. The van der Waals surface area contributed by atoms with Crippen LogP contribution < -0.4 is 4.72 Å². The van der Waals surface area contributed by atoms with Crippen LogP contribution in [0.4, 0.5) is 5.69 Å². The lowest BCUT2D eigenvalue weighted by Gasteiger charge is -2.08. The van der Waals surface area contributed by atoms with Gasteiger partial charge in [-0.15, -0.1) is 0 Å². The van der Waals surface area contributed by atoms with Crippen molar-refractivity contribution in [3.8, 4) is 0 Å². The van der Waals surface area contributed by atoms with Gasteiger partial charge in [0.2, 0.25) is 0 Å². The van der Waals surface area contributed by atoms with Gasteiger partial charge in [0.25, 0.3) is 10.0 Å². The summed E-state index contributed by atoms with van der Waals surface area (Å²) in [5, 5.41) is 0. The molecule has 0 bridgehead atoms. The van der Waals surface area contributed by atoms with Crippen LogP contribution in [0.5, 0.6) is 0 Å². The first-order valence-corrected chi connectivity index (χ1v) is 8.68. The lowest BCUT2D eigenvalue weighted by atomic mass is 10.2. The molecule has 0 spiro atoms. The van der Waals surface area contributed by atoms with Gasteiger partial charge in [-0.2, -0.15) is 0 Å². The van der Waals surface area contributed by atoms with Crippen LogP contribution in [0.2, 0.25) is 4.47 Å². The maximum atomic E-state index is 12.2. The van der Waals surface area contributed by atoms with E-state index in [2.05, 4.69) is 25.6 Å². The number of anilines is 1. The number of hydrogen-bond acceptors (Lipinski definition) is 4. The maximum absolute atomic E-state index is 12.2. The van der Waals surface area contributed by atoms with E-state index in [9.17, 15) is 8.42 Å². The summed E-state index contributed by atoms with van der Waals surface area (Å²) in [6.07, 6.45) is 0. The average Bonchev–Trinajstić information content (AvgIpc) is 2.56. The normalized spacial score (nSPS) is 11.6. The smallest absolute Gasteiger partial charge is 0.273 e. The lowest BCUT2D eigenvalue weighted by Crippen LogP contribution is -2.12. The summed E-state index contributed by atoms with van der Waals surface area (Å²) in [6.45, 7) is 3.50. The second-order valence-electron chi connectivity index (χ2n) is 3.96. The molecule has 0 atom stereocenters. The van der Waals surface area contributed by atoms with Gasteiger partial charge in [0.15, 0.2) is 8.68 Å². The number of nitrogens with one attached hydrogen (secondary N) is 1. The number of benzene rings is 1. The van der Waals surface area contributed by atoms with E-state index in [-0.39, 0.29) is 8.68 Å². The van der Waals surface area contributed by atoms with E-state index in [1.165, 1.54) is 0 Å². The van der Waals surface area contributed by atoms with E-state index in [0.717, 1.165) is 21.4 Å². The van der Waals surface area contributed by atoms with Crippen LogP contribution in [0.3, 0.4) is 0 Å². The molecular weight excluding hydrogens is 372 g/mol. The van der Waals surface area contributed by atoms with Gasteiger partial charge in [-0.25, -0.2) is 13.4 Å². The number of thiazole rings is 1. The van der Waals surface area contributed by atoms with Gasteiger partial charge < -0.3 is 0 Å². The molecule has 0 fully saturated rings. The van der Waals surface area contributed by atoms with Gasteiger partial charge in [0.1, 0.15) is 0 Å². The summed E-state index contributed by atoms with van der Waals surface area (Å²) in [5.74, 6) is 0. The fourth-order valence-electron chi connectivity index (χ4n) is 1.60. The zero-order chi connectivity index (χ0) is 14.2. The van der Waals surface area contributed by atoms with Gasteiger partial charge in [-0.05, 0) is 37.6 Å². The topological polar surface area (TPSA) is 59.1 Å². The van der Waals surface area contributed by atoms with Gasteiger partial charge in [0.05, 0.1) is 11.4 Å². The molecular formula is C11H10BrClN2O2S2. The van der Waals surface area contributed by atoms with Crippen LogP contribution >= 0.6 is 38.9 Å². The van der Waals surface area contributed by atoms with Gasteiger partial charge >= 0.3 is 0 Å². The van der Waals surface area contributed by atoms with E-state index in [0.29, 0.717) is 11.4 Å². The van der Waals surface area contributed by atoms with Gasteiger partial charge in [-0.3, -0.25) is 4.72 Å². The van der Waals surface area contributed by atoms with E-state index in [4.69, 9.17) is 11.6 Å². The molecule has 1 heterocycles. The summed E-state index contributed by atoms with van der Waals surface area (Å²) in [4.78, 5) is 3.91. The Morgan fingerprint density at radius 1 is 1.32 bits per heavy atom. The average molecular weight is 382 g/mol. The molecule has 0 saturated carbocycles. The minimum Gasteiger partial charge on any atom is -0.279 e. The molecule has 19 heavy (non-hydrogen) atoms. The van der Waals surface area contributed by atoms with Crippen LogP contribution in [0, 0.1) is 13.8 Å². The summed E-state index contributed by atoms with van der Waals surface area (Å²) in [6, 6.07) is 5.34. The fourth-order valence-corrected chi connectivity index (χ4v) is 4.98. The van der Waals surface area contributed by atoms with Crippen LogP contribution in [-0.4, -0.2) is 13.4 Å². The molecule has 0 aliphatic rings. The van der Waals surface area contributed by atoms with Crippen molar-refractivity contribution in [3.63, 3.8) is 0 Å². The van der Waals surface area contributed by atoms with Crippen molar-refractivity contribution in [2.24, 2.45) is 0 Å². The SMILES string of the molecule is Cc1cc(Br)cc(NS(=O)(=O)c2sc(Cl)nc2C)c1. The number of hydrogen-bond donors (Lipinski definition) is 1. The fraction of sp³-hybridized carbons (Fsp3) is 0.182. The zero-order valence-electron chi connectivity index (χ0n) is 10.1. The Labute approximate surface area is 129 Å². The van der Waals surface area contributed by atoms with E-state index < -0.39 is 10.0 Å². The van der Waals surface area contributed by atoms with Gasteiger partial charge in [-0.1, -0.05) is 38.9 Å². The summed E-state index contributed by atoms with van der Waals surface area (Å²) < 4.78 is 28.2. The van der Waals surface area contributed by atoms with Crippen molar-refractivity contribution >= 4 is 54.6 Å². The Hall–Kier alpha value is -0.630. The predicted molar refractivity (Wildman–Crippen MR) is 81.5 cm³/mol. The molecule has 0 saturated heterocycles. The molecule has 2 rings (SSSR count). The summed E-state index contributed by atoms with van der Waals surface area (Å²) >= 11 is 10.0. The molecule has 0 radical (unpaired) electrons. The Morgan fingerprint density at radius 3 is 2.53 bits per heavy atom. The Bertz CT molecular complexity index is 708. The number of aromatic nitrogens is 1. The third-order valence-corrected chi connectivity index (χ3v) is 5.98. The van der Waals surface area contributed by atoms with Crippen molar-refractivity contribution in [1.82, 2.24) is 4.98 Å². The van der Waals surface area contributed by atoms with Crippen LogP contribution in [0.1, 0.15) is 11.3 Å². The van der Waals surface area contributed by atoms with Crippen molar-refractivity contribution in [2.45, 2.75) is 18.1 Å². The van der Waals surface area contributed by atoms with Gasteiger partial charge in [0, 0.05) is 4.47 Å². The first-order chi connectivity index (χ1) is 8.78. The van der Waals surface area contributed by atoms with E-state index >= 15 is 0 Å². The molecule has 102 valence electrons. The molecule has 1 aromatic carbocycles. The number of rotatable bonds is 3. The van der Waals surface area contributed by atoms with E-state index in [1.54, 1.807) is 19.1 Å². The molecule has 4 nitrogen and oxygen atoms in total. The first kappa shape index (κ1) is 14.8. The highest BCUT2D eigenvalue weighted by atomic mass is 79.9. The zero-order valence-corrected chi connectivity index (χ0v) is 14.0. The van der Waals surface area contributed by atoms with Crippen molar-refractivity contribution in [2.75, 3.05) is 4.72 Å². The molecule has 8 heteroatoms.